The van der Waals surface area contributed by atoms with Gasteiger partial charge in [0.05, 0.1) is 0 Å². The second-order valence-corrected chi connectivity index (χ2v) is 13.9. The highest BCUT2D eigenvalue weighted by Gasteiger charge is 2.36. The molecule has 0 spiro atoms. The van der Waals surface area contributed by atoms with E-state index in [1.54, 1.807) is 4.90 Å². The van der Waals surface area contributed by atoms with Gasteiger partial charge in [0.15, 0.2) is 6.10 Å². The Morgan fingerprint density at radius 3 is 2.19 bits per heavy atom. The Balaban J connectivity index is 1.08. The van der Waals surface area contributed by atoms with Crippen molar-refractivity contribution < 1.29 is 24.2 Å². The third-order valence-electron chi connectivity index (χ3n) is 10.8. The number of ether oxygens (including phenoxy) is 1. The van der Waals surface area contributed by atoms with Gasteiger partial charge in [0.25, 0.3) is 5.91 Å². The van der Waals surface area contributed by atoms with E-state index in [2.05, 4.69) is 10.2 Å². The molecule has 3 heterocycles. The second kappa shape index (κ2) is 15.0. The third kappa shape index (κ3) is 7.91. The van der Waals surface area contributed by atoms with Crippen LogP contribution in [0.1, 0.15) is 62.5 Å². The summed E-state index contributed by atoms with van der Waals surface area (Å²) >= 11 is 0. The average Bonchev–Trinajstić information content (AvgIpc) is 3.46. The maximum absolute atomic E-state index is 14.0. The number of phenolic OH excluding ortho intramolecular Hbond substituents is 1. The van der Waals surface area contributed by atoms with E-state index in [0.717, 1.165) is 47.3 Å². The van der Waals surface area contributed by atoms with Crippen LogP contribution in [0.25, 0.3) is 0 Å². The van der Waals surface area contributed by atoms with Gasteiger partial charge in [0.1, 0.15) is 21.4 Å². The lowest BCUT2D eigenvalue weighted by molar-refractivity contribution is -0.143. The van der Waals surface area contributed by atoms with Crippen molar-refractivity contribution in [1.82, 2.24) is 19.6 Å². The highest BCUT2D eigenvalue weighted by atomic mass is 16.6. The maximum Gasteiger partial charge on any atom is 0.410 e. The van der Waals surface area contributed by atoms with E-state index in [-0.39, 0.29) is 30.2 Å². The minimum Gasteiger partial charge on any atom is -0.509 e. The Hall–Kier alpha value is -3.66. The van der Waals surface area contributed by atoms with Gasteiger partial charge in [-0.2, -0.15) is 0 Å². The first kappa shape index (κ1) is 33.2. The molecule has 1 saturated carbocycles. The summed E-state index contributed by atoms with van der Waals surface area (Å²) in [6.45, 7) is 4.49. The molecule has 4 amide bonds. The van der Waals surface area contributed by atoms with Crippen LogP contribution in [-0.2, 0) is 22.4 Å². The molecule has 47 heavy (non-hydrogen) atoms. The molecule has 12 heteroatoms. The van der Waals surface area contributed by atoms with Gasteiger partial charge >= 0.3 is 12.1 Å². The Labute approximate surface area is 280 Å². The minimum absolute atomic E-state index is 0.0264. The van der Waals surface area contributed by atoms with E-state index in [1.807, 2.05) is 61.9 Å². The van der Waals surface area contributed by atoms with Crippen molar-refractivity contribution in [3.63, 3.8) is 0 Å². The number of fused-ring (bicyclic) bond motifs is 1. The van der Waals surface area contributed by atoms with E-state index in [1.165, 1.54) is 38.5 Å². The number of phenols is 1. The number of piperidine rings is 1. The average molecular weight is 641 g/mol. The van der Waals surface area contributed by atoms with Crippen molar-refractivity contribution in [3.05, 3.63) is 47.5 Å². The number of carbonyl (C=O) groups excluding carboxylic acids is 3. The molecular formula is C35H49B2N5O5. The van der Waals surface area contributed by atoms with E-state index in [4.69, 9.17) is 4.74 Å². The fourth-order valence-electron chi connectivity index (χ4n) is 7.99. The number of para-hydroxylation sites is 1. The molecule has 0 radical (unpaired) electrons. The molecule has 1 atom stereocenters. The zero-order valence-corrected chi connectivity index (χ0v) is 28.1. The van der Waals surface area contributed by atoms with Gasteiger partial charge in [-0.25, -0.2) is 9.59 Å². The highest BCUT2D eigenvalue weighted by molar-refractivity contribution is 6.41. The zero-order chi connectivity index (χ0) is 32.9. The summed E-state index contributed by atoms with van der Waals surface area (Å²) in [5, 5.41) is 13.4. The number of rotatable bonds is 6. The van der Waals surface area contributed by atoms with Crippen LogP contribution in [0.4, 0.5) is 15.3 Å². The summed E-state index contributed by atoms with van der Waals surface area (Å²) in [5.74, 6) is 0.0889. The first-order chi connectivity index (χ1) is 22.8. The van der Waals surface area contributed by atoms with Gasteiger partial charge in [0.2, 0.25) is 0 Å². The van der Waals surface area contributed by atoms with Gasteiger partial charge in [-0.1, -0.05) is 56.0 Å². The van der Waals surface area contributed by atoms with Gasteiger partial charge in [-0.05, 0) is 60.2 Å². The van der Waals surface area contributed by atoms with Crippen molar-refractivity contribution in [2.24, 2.45) is 0 Å². The molecule has 0 bridgehead atoms. The van der Waals surface area contributed by atoms with Crippen LogP contribution in [0.5, 0.6) is 5.75 Å². The Bertz CT molecular complexity index is 1410. The molecule has 3 fully saturated rings. The number of amides is 4. The van der Waals surface area contributed by atoms with Crippen LogP contribution < -0.4 is 16.2 Å². The molecule has 0 unspecified atom stereocenters. The monoisotopic (exact) mass is 641 g/mol. The fourth-order valence-corrected chi connectivity index (χ4v) is 7.99. The van der Waals surface area contributed by atoms with Crippen molar-refractivity contribution in [2.45, 2.75) is 82.4 Å². The van der Waals surface area contributed by atoms with Crippen LogP contribution in [0, 0.1) is 0 Å². The van der Waals surface area contributed by atoms with Crippen molar-refractivity contribution >= 4 is 50.3 Å². The summed E-state index contributed by atoms with van der Waals surface area (Å²) < 4.78 is 6.07. The number of piperazine rings is 1. The van der Waals surface area contributed by atoms with Gasteiger partial charge in [-0.15, -0.1) is 0 Å². The number of likely N-dealkylation sites (tertiary alicyclic amines) is 1. The lowest BCUT2D eigenvalue weighted by Crippen LogP contribution is -2.55. The standard InChI is InChI=1S/C35H49B2N5O5/c36-28-21-24(22-29(37)32(28)43)23-31(33(44)40-19-17-39(18-20-40)26-8-3-1-2-4-9-26)47-35(46)41-14-12-27(13-15-41)42-16-11-25-7-5-6-10-30(25)38-34(42)45/h5-7,10,21-22,26-27,31,43H,1-4,8-9,11-20,23,36-37H2,(H,38,45)/t31-/m1/s1. The summed E-state index contributed by atoms with van der Waals surface area (Å²) in [4.78, 5) is 48.7. The number of aromatic hydroxyl groups is 1. The summed E-state index contributed by atoms with van der Waals surface area (Å²) in [6.07, 6.45) is 8.56. The predicted octanol–water partition coefficient (Wildman–Crippen LogP) is 1.38. The molecule has 0 aromatic heterocycles. The molecular weight excluding hydrogens is 592 g/mol. The number of anilines is 1. The first-order valence-corrected chi connectivity index (χ1v) is 17.7. The number of carbonyl (C=O) groups is 3. The minimum atomic E-state index is -0.956. The number of hydrogen-bond acceptors (Lipinski definition) is 6. The largest absolute Gasteiger partial charge is 0.509 e. The molecule has 2 aromatic rings. The third-order valence-corrected chi connectivity index (χ3v) is 10.8. The van der Waals surface area contributed by atoms with Crippen molar-refractivity contribution in [3.8, 4) is 5.75 Å². The first-order valence-electron chi connectivity index (χ1n) is 17.7. The molecule has 1 aliphatic carbocycles. The number of nitrogens with one attached hydrogen (secondary N) is 1. The van der Waals surface area contributed by atoms with Crippen LogP contribution in [0.3, 0.4) is 0 Å². The lowest BCUT2D eigenvalue weighted by atomic mass is 9.83. The topological polar surface area (TPSA) is 106 Å². The molecule has 2 saturated heterocycles. The van der Waals surface area contributed by atoms with E-state index < -0.39 is 12.2 Å². The zero-order valence-electron chi connectivity index (χ0n) is 28.1. The quantitative estimate of drug-likeness (QED) is 0.365. The van der Waals surface area contributed by atoms with Gasteiger partial charge in [0, 0.05) is 70.0 Å². The molecule has 2 aromatic carbocycles. The van der Waals surface area contributed by atoms with Crippen LogP contribution in [-0.4, -0.2) is 122 Å². The fraction of sp³-hybridized carbons (Fsp3) is 0.571. The highest BCUT2D eigenvalue weighted by Crippen LogP contribution is 2.26. The van der Waals surface area contributed by atoms with Crippen molar-refractivity contribution in [1.29, 1.82) is 0 Å². The number of urea groups is 1. The molecule has 2 N–H and O–H groups in total. The predicted molar refractivity (Wildman–Crippen MR) is 189 cm³/mol. The molecule has 10 nitrogen and oxygen atoms in total. The Morgan fingerprint density at radius 1 is 0.851 bits per heavy atom. The van der Waals surface area contributed by atoms with Crippen molar-refractivity contribution in [2.75, 3.05) is 51.1 Å². The summed E-state index contributed by atoms with van der Waals surface area (Å²) in [6, 6.07) is 12.2. The number of hydrogen-bond donors (Lipinski definition) is 2. The molecule has 4 aliphatic rings. The van der Waals surface area contributed by atoms with Crippen LogP contribution in [0.2, 0.25) is 0 Å². The second-order valence-electron chi connectivity index (χ2n) is 13.9. The number of benzene rings is 2. The number of nitrogens with zero attached hydrogens (tertiary/aromatic N) is 4. The normalized spacial score (nSPS) is 20.9. The van der Waals surface area contributed by atoms with Crippen LogP contribution in [0.15, 0.2) is 36.4 Å². The van der Waals surface area contributed by atoms with Gasteiger partial charge in [-0.3, -0.25) is 9.69 Å². The summed E-state index contributed by atoms with van der Waals surface area (Å²) in [5.41, 5.74) is 4.31. The maximum atomic E-state index is 14.0. The van der Waals surface area contributed by atoms with E-state index in [9.17, 15) is 19.5 Å². The lowest BCUT2D eigenvalue weighted by Gasteiger charge is -2.40. The Morgan fingerprint density at radius 2 is 1.51 bits per heavy atom. The molecule has 6 rings (SSSR count). The molecule has 3 aliphatic heterocycles. The van der Waals surface area contributed by atoms with Gasteiger partial charge < -0.3 is 29.9 Å². The Kier molecular flexibility index (Phi) is 10.6. The van der Waals surface area contributed by atoms with Crippen LogP contribution >= 0.6 is 0 Å². The van der Waals surface area contributed by atoms with E-state index >= 15 is 0 Å². The smallest absolute Gasteiger partial charge is 0.410 e. The summed E-state index contributed by atoms with van der Waals surface area (Å²) in [7, 11) is 3.68. The van der Waals surface area contributed by atoms with E-state index in [0.29, 0.717) is 51.6 Å². The SMILES string of the molecule is Bc1cc(C[C@@H](OC(=O)N2CCC(N3CCc4ccccc4NC3=O)CC2)C(=O)N2CCN(C3CCCCCC3)CC2)cc(B)c1O. The molecule has 250 valence electrons.